The lowest BCUT2D eigenvalue weighted by molar-refractivity contribution is 0.414. The van der Waals surface area contributed by atoms with Crippen LogP contribution in [0.2, 0.25) is 5.02 Å². The average molecular weight is 355 g/mol. The Morgan fingerprint density at radius 2 is 2.00 bits per heavy atom. The lowest BCUT2D eigenvalue weighted by Gasteiger charge is -2.09. The van der Waals surface area contributed by atoms with Crippen molar-refractivity contribution in [3.05, 3.63) is 52.0 Å². The maximum atomic E-state index is 12.4. The van der Waals surface area contributed by atoms with Crippen LogP contribution in [0.25, 0.3) is 11.1 Å². The normalized spacial score (nSPS) is 11.6. The number of aromatic nitrogens is 1. The number of anilines is 1. The minimum Gasteiger partial charge on any atom is -0.495 e. The zero-order valence-electron chi connectivity index (χ0n) is 11.8. The third kappa shape index (κ3) is 3.03. The number of aromatic amines is 1. The number of ether oxygens (including phenoxy) is 1. The zero-order valence-corrected chi connectivity index (χ0v) is 13.4. The molecular weight excluding hydrogens is 344 g/mol. The second-order valence-corrected chi connectivity index (χ2v) is 6.72. The van der Waals surface area contributed by atoms with Crippen molar-refractivity contribution in [1.82, 2.24) is 4.98 Å². The number of rotatable bonds is 4. The number of oxazole rings is 1. The number of nitrogens with one attached hydrogen (secondary N) is 2. The van der Waals surface area contributed by atoms with Crippen molar-refractivity contribution in [3.8, 4) is 5.75 Å². The quantitative estimate of drug-likeness (QED) is 0.749. The molecule has 1 aromatic heterocycles. The third-order valence-corrected chi connectivity index (χ3v) is 4.78. The van der Waals surface area contributed by atoms with Crippen LogP contribution in [0, 0.1) is 0 Å². The van der Waals surface area contributed by atoms with Crippen molar-refractivity contribution < 1.29 is 17.6 Å². The van der Waals surface area contributed by atoms with E-state index in [9.17, 15) is 13.2 Å². The van der Waals surface area contributed by atoms with Gasteiger partial charge in [0.05, 0.1) is 28.2 Å². The van der Waals surface area contributed by atoms with E-state index in [4.69, 9.17) is 20.8 Å². The summed E-state index contributed by atoms with van der Waals surface area (Å²) in [6.45, 7) is 0. The fourth-order valence-corrected chi connectivity index (χ4v) is 3.43. The molecule has 120 valence electrons. The summed E-state index contributed by atoms with van der Waals surface area (Å²) in [7, 11) is -2.40. The van der Waals surface area contributed by atoms with Crippen LogP contribution >= 0.6 is 11.6 Å². The van der Waals surface area contributed by atoms with Crippen molar-refractivity contribution in [2.24, 2.45) is 0 Å². The number of fused-ring (bicyclic) bond motifs is 1. The molecule has 0 aliphatic carbocycles. The molecule has 0 saturated carbocycles. The Kier molecular flexibility index (Phi) is 3.78. The van der Waals surface area contributed by atoms with Crippen molar-refractivity contribution in [2.45, 2.75) is 4.90 Å². The molecule has 3 rings (SSSR count). The fraction of sp³-hybridized carbons (Fsp3) is 0.0714. The van der Waals surface area contributed by atoms with Crippen molar-refractivity contribution >= 4 is 38.4 Å². The lowest BCUT2D eigenvalue weighted by atomic mass is 10.3. The first-order chi connectivity index (χ1) is 10.9. The minimum atomic E-state index is -3.84. The van der Waals surface area contributed by atoms with E-state index in [2.05, 4.69) is 9.71 Å². The number of benzene rings is 2. The summed E-state index contributed by atoms with van der Waals surface area (Å²) in [6.07, 6.45) is 0. The Morgan fingerprint density at radius 3 is 2.70 bits per heavy atom. The van der Waals surface area contributed by atoms with Crippen LogP contribution in [0.15, 0.2) is 50.5 Å². The highest BCUT2D eigenvalue weighted by atomic mass is 35.5. The first kappa shape index (κ1) is 15.4. The van der Waals surface area contributed by atoms with E-state index in [0.717, 1.165) is 0 Å². The average Bonchev–Trinajstić information content (AvgIpc) is 2.86. The van der Waals surface area contributed by atoms with Crippen LogP contribution < -0.4 is 15.2 Å². The van der Waals surface area contributed by atoms with E-state index in [0.29, 0.717) is 11.3 Å². The summed E-state index contributed by atoms with van der Waals surface area (Å²) in [5.41, 5.74) is 0.987. The van der Waals surface area contributed by atoms with E-state index >= 15 is 0 Å². The highest BCUT2D eigenvalue weighted by Crippen LogP contribution is 2.28. The SMILES string of the molecule is COc1ccc(S(=O)(=O)Nc2ccc3[nH]c(=O)oc3c2)cc1Cl. The number of methoxy groups -OCH3 is 1. The summed E-state index contributed by atoms with van der Waals surface area (Å²) in [5.74, 6) is -0.233. The molecule has 23 heavy (non-hydrogen) atoms. The van der Waals surface area contributed by atoms with Crippen LogP contribution in [0.5, 0.6) is 5.75 Å². The van der Waals surface area contributed by atoms with E-state index in [1.54, 1.807) is 6.07 Å². The summed E-state index contributed by atoms with van der Waals surface area (Å²) < 4.78 is 37.0. The number of halogens is 1. The molecule has 0 amide bonds. The molecule has 1 heterocycles. The van der Waals surface area contributed by atoms with Gasteiger partial charge >= 0.3 is 5.76 Å². The van der Waals surface area contributed by atoms with E-state index in [-0.39, 0.29) is 21.2 Å². The molecular formula is C14H11ClN2O5S. The van der Waals surface area contributed by atoms with Gasteiger partial charge in [-0.25, -0.2) is 13.2 Å². The molecule has 0 saturated heterocycles. The van der Waals surface area contributed by atoms with Crippen LogP contribution in [-0.2, 0) is 10.0 Å². The summed E-state index contributed by atoms with van der Waals surface area (Å²) in [5, 5.41) is 0.183. The van der Waals surface area contributed by atoms with Gasteiger partial charge in [0, 0.05) is 6.07 Å². The highest BCUT2D eigenvalue weighted by Gasteiger charge is 2.17. The van der Waals surface area contributed by atoms with Gasteiger partial charge in [-0.2, -0.15) is 0 Å². The highest BCUT2D eigenvalue weighted by molar-refractivity contribution is 7.92. The summed E-state index contributed by atoms with van der Waals surface area (Å²) in [4.78, 5) is 13.6. The topological polar surface area (TPSA) is 101 Å². The van der Waals surface area contributed by atoms with Gasteiger partial charge in [-0.1, -0.05) is 11.6 Å². The van der Waals surface area contributed by atoms with Gasteiger partial charge in [-0.15, -0.1) is 0 Å². The van der Waals surface area contributed by atoms with Gasteiger partial charge < -0.3 is 9.15 Å². The number of sulfonamides is 1. The van der Waals surface area contributed by atoms with Gasteiger partial charge in [-0.3, -0.25) is 9.71 Å². The first-order valence-corrected chi connectivity index (χ1v) is 8.24. The molecule has 3 aromatic rings. The molecule has 0 aliphatic rings. The molecule has 2 aromatic carbocycles. The third-order valence-electron chi connectivity index (χ3n) is 3.11. The second kappa shape index (κ2) is 5.64. The monoisotopic (exact) mass is 354 g/mol. The Morgan fingerprint density at radius 1 is 1.22 bits per heavy atom. The molecule has 9 heteroatoms. The van der Waals surface area contributed by atoms with Crippen molar-refractivity contribution in [3.63, 3.8) is 0 Å². The van der Waals surface area contributed by atoms with Gasteiger partial charge in [0.25, 0.3) is 10.0 Å². The maximum absolute atomic E-state index is 12.4. The lowest BCUT2D eigenvalue weighted by Crippen LogP contribution is -2.12. The van der Waals surface area contributed by atoms with Crippen LogP contribution in [-0.4, -0.2) is 20.5 Å². The van der Waals surface area contributed by atoms with Gasteiger partial charge in [0.15, 0.2) is 5.58 Å². The predicted octanol–water partition coefficient (Wildman–Crippen LogP) is 2.58. The molecule has 2 N–H and O–H groups in total. The molecule has 0 fully saturated rings. The smallest absolute Gasteiger partial charge is 0.417 e. The largest absolute Gasteiger partial charge is 0.495 e. The van der Waals surface area contributed by atoms with Gasteiger partial charge in [-0.05, 0) is 30.3 Å². The van der Waals surface area contributed by atoms with Gasteiger partial charge in [0.2, 0.25) is 0 Å². The van der Waals surface area contributed by atoms with Crippen molar-refractivity contribution in [2.75, 3.05) is 11.8 Å². The Bertz CT molecular complexity index is 1040. The van der Waals surface area contributed by atoms with E-state index < -0.39 is 15.8 Å². The number of hydrogen-bond donors (Lipinski definition) is 2. The summed E-state index contributed by atoms with van der Waals surface area (Å²) in [6, 6.07) is 8.59. The Labute approximate surface area is 135 Å². The molecule has 0 bridgehead atoms. The molecule has 7 nitrogen and oxygen atoms in total. The minimum absolute atomic E-state index is 0.0149. The zero-order chi connectivity index (χ0) is 16.6. The Hall–Kier alpha value is -2.45. The Balaban J connectivity index is 1.95. The molecule has 0 unspecified atom stereocenters. The van der Waals surface area contributed by atoms with Crippen molar-refractivity contribution in [1.29, 1.82) is 0 Å². The van der Waals surface area contributed by atoms with E-state index in [1.165, 1.54) is 37.4 Å². The second-order valence-electron chi connectivity index (χ2n) is 4.63. The van der Waals surface area contributed by atoms with Crippen LogP contribution in [0.4, 0.5) is 5.69 Å². The van der Waals surface area contributed by atoms with Crippen LogP contribution in [0.3, 0.4) is 0 Å². The molecule has 0 spiro atoms. The molecule has 0 radical (unpaired) electrons. The fourth-order valence-electron chi connectivity index (χ4n) is 2.04. The maximum Gasteiger partial charge on any atom is 0.417 e. The van der Waals surface area contributed by atoms with E-state index in [1.807, 2.05) is 0 Å². The molecule has 0 atom stereocenters. The van der Waals surface area contributed by atoms with Crippen LogP contribution in [0.1, 0.15) is 0 Å². The standard InChI is InChI=1S/C14H11ClN2O5S/c1-21-12-5-3-9(7-10(12)15)23(19,20)17-8-2-4-11-13(6-8)22-14(18)16-11/h2-7,17H,1H3,(H,16,18). The van der Waals surface area contributed by atoms with Gasteiger partial charge in [0.1, 0.15) is 5.75 Å². The number of H-pyrrole nitrogens is 1. The number of hydrogen-bond acceptors (Lipinski definition) is 5. The first-order valence-electron chi connectivity index (χ1n) is 6.38. The molecule has 0 aliphatic heterocycles. The predicted molar refractivity (Wildman–Crippen MR) is 85.6 cm³/mol. The summed E-state index contributed by atoms with van der Waals surface area (Å²) >= 11 is 5.95.